The predicted octanol–water partition coefficient (Wildman–Crippen LogP) is 2.26. The molecule has 1 saturated carbocycles. The summed E-state index contributed by atoms with van der Waals surface area (Å²) in [5, 5.41) is 5.19. The number of sulfonamides is 1. The van der Waals surface area contributed by atoms with E-state index in [2.05, 4.69) is 10.6 Å². The molecule has 1 aromatic carbocycles. The van der Waals surface area contributed by atoms with Gasteiger partial charge in [-0.05, 0) is 47.6 Å². The number of carbonyl (C=O) groups is 4. The zero-order chi connectivity index (χ0) is 34.6. The molecule has 2 saturated heterocycles. The number of ether oxygens (including phenoxy) is 1. The minimum absolute atomic E-state index is 0.0550. The summed E-state index contributed by atoms with van der Waals surface area (Å²) in [5.41, 5.74) is -7.51. The number of likely N-dealkylation sites (tertiary alicyclic amines) is 1. The fourth-order valence-electron chi connectivity index (χ4n) is 6.32. The molecule has 256 valence electrons. The molecule has 2 aliphatic heterocycles. The Hall–Kier alpha value is -3.34. The van der Waals surface area contributed by atoms with E-state index >= 15 is 0 Å². The van der Waals surface area contributed by atoms with Gasteiger partial charge in [0.15, 0.2) is 17.3 Å². The number of Topliss-reactive ketones (excluding diaryl/α,β-unsaturated/α-hetero) is 1. The SMILES string of the molecule is CC(C)(C)[C@H](NS(=O)(=O)C(F)(F)F)C(=O)N1C[C@H]2[C@@H]([C@H]1C(=O)N[C@@H](C[C@@H]1CCNC1=O)C(=O)COc1cc(F)ccc1F)C2(C)C. The molecule has 3 N–H and O–H groups in total. The van der Waals surface area contributed by atoms with Crippen LogP contribution < -0.4 is 20.1 Å². The number of halogens is 5. The molecular formula is C29H37F5N4O7S. The monoisotopic (exact) mass is 680 g/mol. The van der Waals surface area contributed by atoms with Gasteiger partial charge in [-0.3, -0.25) is 19.2 Å². The third-order valence-electron chi connectivity index (χ3n) is 9.10. The van der Waals surface area contributed by atoms with Gasteiger partial charge in [0, 0.05) is 25.1 Å². The first kappa shape index (κ1) is 35.5. The first-order valence-corrected chi connectivity index (χ1v) is 16.1. The molecule has 0 unspecified atom stereocenters. The van der Waals surface area contributed by atoms with Crippen LogP contribution in [0.4, 0.5) is 22.0 Å². The van der Waals surface area contributed by atoms with Crippen molar-refractivity contribution in [3.63, 3.8) is 0 Å². The van der Waals surface area contributed by atoms with Crippen LogP contribution in [-0.4, -0.2) is 80.2 Å². The highest BCUT2D eigenvalue weighted by molar-refractivity contribution is 7.90. The maximum absolute atomic E-state index is 14.1. The lowest BCUT2D eigenvalue weighted by molar-refractivity contribution is -0.144. The molecule has 0 bridgehead atoms. The highest BCUT2D eigenvalue weighted by atomic mass is 32.2. The van der Waals surface area contributed by atoms with Gasteiger partial charge in [-0.1, -0.05) is 34.6 Å². The molecule has 2 heterocycles. The number of nitrogens with one attached hydrogen (secondary N) is 3. The normalized spacial score (nSPS) is 25.3. The molecular weight excluding hydrogens is 643 g/mol. The number of piperidine rings is 1. The average molecular weight is 681 g/mol. The van der Waals surface area contributed by atoms with Crippen LogP contribution in [0.3, 0.4) is 0 Å². The smallest absolute Gasteiger partial charge is 0.483 e. The van der Waals surface area contributed by atoms with Crippen LogP contribution in [0.1, 0.15) is 47.5 Å². The number of alkyl halides is 3. The maximum Gasteiger partial charge on any atom is 0.511 e. The highest BCUT2D eigenvalue weighted by Crippen LogP contribution is 2.65. The van der Waals surface area contributed by atoms with Gasteiger partial charge in [0.2, 0.25) is 17.7 Å². The Bertz CT molecular complexity index is 1510. The number of fused-ring (bicyclic) bond motifs is 1. The summed E-state index contributed by atoms with van der Waals surface area (Å²) in [6.45, 7) is 7.24. The Morgan fingerprint density at radius 2 is 1.80 bits per heavy atom. The first-order valence-electron chi connectivity index (χ1n) is 14.6. The van der Waals surface area contributed by atoms with Gasteiger partial charge in [0.05, 0.1) is 6.04 Å². The van der Waals surface area contributed by atoms with Crippen LogP contribution in [0.2, 0.25) is 0 Å². The van der Waals surface area contributed by atoms with Gasteiger partial charge in [-0.25, -0.2) is 17.2 Å². The van der Waals surface area contributed by atoms with Crippen molar-refractivity contribution in [3.8, 4) is 5.75 Å². The summed E-state index contributed by atoms with van der Waals surface area (Å²) in [6.07, 6.45) is 0.162. The van der Waals surface area contributed by atoms with Crippen molar-refractivity contribution in [2.24, 2.45) is 28.6 Å². The number of hydrogen-bond acceptors (Lipinski definition) is 7. The zero-order valence-electron chi connectivity index (χ0n) is 25.8. The molecule has 1 aromatic rings. The van der Waals surface area contributed by atoms with Crippen molar-refractivity contribution in [2.45, 2.75) is 71.1 Å². The predicted molar refractivity (Wildman–Crippen MR) is 152 cm³/mol. The fourth-order valence-corrected chi connectivity index (χ4v) is 7.22. The van der Waals surface area contributed by atoms with E-state index in [-0.39, 0.29) is 24.8 Å². The molecule has 17 heteroatoms. The van der Waals surface area contributed by atoms with Gasteiger partial charge >= 0.3 is 15.5 Å². The molecule has 0 aromatic heterocycles. The molecule has 6 atom stereocenters. The molecule has 0 radical (unpaired) electrons. The summed E-state index contributed by atoms with van der Waals surface area (Å²) < 4.78 is 98.2. The molecule has 1 aliphatic carbocycles. The van der Waals surface area contributed by atoms with E-state index in [1.54, 1.807) is 0 Å². The average Bonchev–Trinajstić information content (AvgIpc) is 3.27. The second-order valence-electron chi connectivity index (χ2n) is 13.7. The van der Waals surface area contributed by atoms with Crippen molar-refractivity contribution < 1.29 is 54.3 Å². The zero-order valence-corrected chi connectivity index (χ0v) is 26.7. The van der Waals surface area contributed by atoms with E-state index in [1.165, 1.54) is 25.5 Å². The van der Waals surface area contributed by atoms with E-state index in [0.29, 0.717) is 13.0 Å². The number of amides is 3. The van der Waals surface area contributed by atoms with Crippen molar-refractivity contribution in [2.75, 3.05) is 19.7 Å². The molecule has 11 nitrogen and oxygen atoms in total. The number of hydrogen-bond donors (Lipinski definition) is 3. The van der Waals surface area contributed by atoms with Crippen LogP contribution in [0.5, 0.6) is 5.75 Å². The third kappa shape index (κ3) is 7.14. The summed E-state index contributed by atoms with van der Waals surface area (Å²) in [6, 6.07) is -2.18. The third-order valence-corrected chi connectivity index (χ3v) is 10.3. The topological polar surface area (TPSA) is 151 Å². The number of carbonyl (C=O) groups excluding carboxylic acids is 4. The standard InChI is InChI=1S/C29H37F5N4O7S/c1-27(2,3)23(37-46(43,44)29(32,33)34)26(42)38-12-16-21(28(16,4)5)22(38)25(41)36-18(10-14-8-9-35-24(14)40)19(39)13-45-20-11-15(30)6-7-17(20)31/h6-7,11,14,16,18,21-23,37H,8-10,12-13H2,1-5H3,(H,35,40)(H,36,41)/t14-,16-,18-,21-,22-,23+/m0/s1. The van der Waals surface area contributed by atoms with Crippen LogP contribution in [-0.2, 0) is 29.2 Å². The van der Waals surface area contributed by atoms with Crippen molar-refractivity contribution >= 4 is 33.5 Å². The second-order valence-corrected chi connectivity index (χ2v) is 15.4. The summed E-state index contributed by atoms with van der Waals surface area (Å²) >= 11 is 0. The lowest BCUT2D eigenvalue weighted by Gasteiger charge is -2.37. The molecule has 4 rings (SSSR count). The fraction of sp³-hybridized carbons (Fsp3) is 0.655. The highest BCUT2D eigenvalue weighted by Gasteiger charge is 2.70. The summed E-state index contributed by atoms with van der Waals surface area (Å²) in [5.74, 6) is -6.77. The molecule has 0 spiro atoms. The number of benzene rings is 1. The Labute approximate surface area is 263 Å². The van der Waals surface area contributed by atoms with Gasteiger partial charge in [0.1, 0.15) is 24.5 Å². The lowest BCUT2D eigenvalue weighted by atomic mass is 9.86. The maximum atomic E-state index is 14.1. The van der Waals surface area contributed by atoms with Crippen molar-refractivity contribution in [1.82, 2.24) is 20.3 Å². The minimum Gasteiger partial charge on any atom is -0.483 e. The Kier molecular flexibility index (Phi) is 9.54. The van der Waals surface area contributed by atoms with E-state index < -0.39 is 97.9 Å². The molecule has 3 fully saturated rings. The summed E-state index contributed by atoms with van der Waals surface area (Å²) in [4.78, 5) is 54.4. The Morgan fingerprint density at radius 1 is 1.15 bits per heavy atom. The summed E-state index contributed by atoms with van der Waals surface area (Å²) in [7, 11) is -5.95. The lowest BCUT2D eigenvalue weighted by Crippen LogP contribution is -2.61. The largest absolute Gasteiger partial charge is 0.511 e. The van der Waals surface area contributed by atoms with Crippen molar-refractivity contribution in [1.29, 1.82) is 0 Å². The van der Waals surface area contributed by atoms with Crippen LogP contribution in [0.25, 0.3) is 0 Å². The van der Waals surface area contributed by atoms with Crippen LogP contribution >= 0.6 is 0 Å². The first-order chi connectivity index (χ1) is 21.1. The van der Waals surface area contributed by atoms with E-state index in [0.717, 1.165) is 23.1 Å². The van der Waals surface area contributed by atoms with E-state index in [1.807, 2.05) is 13.8 Å². The Morgan fingerprint density at radius 3 is 2.37 bits per heavy atom. The molecule has 3 aliphatic rings. The van der Waals surface area contributed by atoms with Crippen molar-refractivity contribution in [3.05, 3.63) is 29.8 Å². The van der Waals surface area contributed by atoms with Gasteiger partial charge in [0.25, 0.3) is 0 Å². The van der Waals surface area contributed by atoms with E-state index in [9.17, 15) is 49.5 Å². The molecule has 3 amide bonds. The van der Waals surface area contributed by atoms with Gasteiger partial charge in [-0.15, -0.1) is 0 Å². The molecule has 46 heavy (non-hydrogen) atoms. The van der Waals surface area contributed by atoms with Crippen LogP contribution in [0, 0.1) is 40.2 Å². The number of rotatable bonds is 11. The van der Waals surface area contributed by atoms with Gasteiger partial charge < -0.3 is 20.3 Å². The number of ketones is 1. The van der Waals surface area contributed by atoms with Crippen LogP contribution in [0.15, 0.2) is 18.2 Å². The minimum atomic E-state index is -5.95. The quantitative estimate of drug-likeness (QED) is 0.304. The van der Waals surface area contributed by atoms with Gasteiger partial charge in [-0.2, -0.15) is 17.9 Å². The second kappa shape index (κ2) is 12.4. The number of nitrogens with zero attached hydrogens (tertiary/aromatic N) is 1. The van der Waals surface area contributed by atoms with E-state index in [4.69, 9.17) is 4.74 Å². The Balaban J connectivity index is 1.60.